The highest BCUT2D eigenvalue weighted by atomic mass is 16.4. The van der Waals surface area contributed by atoms with E-state index >= 15 is 0 Å². The van der Waals surface area contributed by atoms with Gasteiger partial charge in [0.1, 0.15) is 30.5 Å². The lowest BCUT2D eigenvalue weighted by atomic mass is 9.47. The van der Waals surface area contributed by atoms with Gasteiger partial charge in [0.25, 0.3) is 0 Å². The van der Waals surface area contributed by atoms with Gasteiger partial charge in [0, 0.05) is 0 Å². The molecule has 0 saturated heterocycles. The maximum Gasteiger partial charge on any atom is 0.310 e. The van der Waals surface area contributed by atoms with Crippen LogP contribution in [0.4, 0.5) is 0 Å². The summed E-state index contributed by atoms with van der Waals surface area (Å²) in [5.41, 5.74) is -5.14. The molecule has 0 radical (unpaired) electrons. The van der Waals surface area contributed by atoms with Crippen LogP contribution in [0.2, 0.25) is 0 Å². The third-order valence-corrected chi connectivity index (χ3v) is 11.2. The fourth-order valence-corrected chi connectivity index (χ4v) is 7.69. The average Bonchev–Trinajstić information content (AvgIpc) is 3.17. The van der Waals surface area contributed by atoms with Gasteiger partial charge in [-0.3, -0.25) is 4.79 Å². The Morgan fingerprint density at radius 3 is 1.20 bits per heavy atom. The van der Waals surface area contributed by atoms with E-state index in [1.54, 1.807) is 0 Å². The highest BCUT2D eigenvalue weighted by Gasteiger charge is 2.63. The second-order valence-electron chi connectivity index (χ2n) is 15.2. The number of hydrogen-bond acceptors (Lipinski definition) is 16. The van der Waals surface area contributed by atoms with Gasteiger partial charge in [0.05, 0.1) is 69.0 Å². The van der Waals surface area contributed by atoms with Gasteiger partial charge in [-0.15, -0.1) is 0 Å². The molecule has 328 valence electrons. The molecule has 11 atom stereocenters. The lowest BCUT2D eigenvalue weighted by Gasteiger charge is -2.56. The Kier molecular flexibility index (Phi) is 28.2. The first kappa shape index (κ1) is 53.6. The topological polar surface area (TPSA) is 341 Å². The zero-order valence-electron chi connectivity index (χ0n) is 32.4. The molecule has 17 heteroatoms. The summed E-state index contributed by atoms with van der Waals surface area (Å²) in [6, 6.07) is 0. The summed E-state index contributed by atoms with van der Waals surface area (Å²) >= 11 is 0. The van der Waals surface area contributed by atoms with Crippen molar-refractivity contribution in [2.75, 3.05) is 33.0 Å². The molecule has 0 spiro atoms. The maximum atomic E-state index is 13.9. The monoisotopic (exact) mass is 802 g/mol. The molecule has 0 aromatic rings. The van der Waals surface area contributed by atoms with Crippen molar-refractivity contribution < 1.29 is 86.5 Å². The SMILES string of the molecule is CCCCCCCCC=CCCCCC(C[C@H](O)[C@H](O)CO)C(C[C@H](O)[C@H](O)CO)(C[C@H](O)[C@H](O)CO)C(C[C@H](O)[C@H](O)CO)(C[C@H](O)[C@H](O)CO)C(=O)O. The molecule has 0 aromatic heterocycles. The molecule has 0 fully saturated rings. The smallest absolute Gasteiger partial charge is 0.310 e. The predicted molar refractivity (Wildman–Crippen MR) is 200 cm³/mol. The summed E-state index contributed by atoms with van der Waals surface area (Å²) in [6.07, 6.45) is -11.6. The summed E-state index contributed by atoms with van der Waals surface area (Å²) < 4.78 is 0. The van der Waals surface area contributed by atoms with Crippen LogP contribution in [0.1, 0.15) is 110 Å². The Hall–Kier alpha value is -1.39. The van der Waals surface area contributed by atoms with Gasteiger partial charge in [0.2, 0.25) is 0 Å². The van der Waals surface area contributed by atoms with Crippen LogP contribution in [0.3, 0.4) is 0 Å². The molecule has 0 aromatic carbocycles. The number of carboxylic acid groups (broad SMARTS) is 1. The lowest BCUT2D eigenvalue weighted by molar-refractivity contribution is -0.199. The highest BCUT2D eigenvalue weighted by molar-refractivity contribution is 5.76. The summed E-state index contributed by atoms with van der Waals surface area (Å²) in [4.78, 5) is 13.9. The van der Waals surface area contributed by atoms with E-state index in [2.05, 4.69) is 6.92 Å². The van der Waals surface area contributed by atoms with Crippen LogP contribution in [0.15, 0.2) is 12.2 Å². The zero-order chi connectivity index (χ0) is 42.2. The minimum Gasteiger partial charge on any atom is -0.481 e. The molecule has 0 aliphatic carbocycles. The second kappa shape index (κ2) is 28.9. The Bertz CT molecular complexity index is 966. The number of rotatable bonds is 35. The second-order valence-corrected chi connectivity index (χ2v) is 15.2. The summed E-state index contributed by atoms with van der Waals surface area (Å²) in [6.45, 7) is -3.08. The number of carbonyl (C=O) groups is 1. The number of aliphatic carboxylic acids is 1. The van der Waals surface area contributed by atoms with E-state index in [1.807, 2.05) is 12.2 Å². The van der Waals surface area contributed by atoms with E-state index in [1.165, 1.54) is 12.8 Å². The number of unbranched alkanes of at least 4 members (excludes halogenated alkanes) is 8. The van der Waals surface area contributed by atoms with Crippen molar-refractivity contribution >= 4 is 5.97 Å². The van der Waals surface area contributed by atoms with Crippen LogP contribution in [0, 0.1) is 16.7 Å². The first-order valence-corrected chi connectivity index (χ1v) is 19.7. The Morgan fingerprint density at radius 2 is 0.818 bits per heavy atom. The van der Waals surface area contributed by atoms with Crippen molar-refractivity contribution in [1.82, 2.24) is 0 Å². The normalized spacial score (nSPS) is 19.0. The van der Waals surface area contributed by atoms with Gasteiger partial charge in [-0.05, 0) is 75.5 Å². The van der Waals surface area contributed by atoms with E-state index in [9.17, 15) is 86.5 Å². The van der Waals surface area contributed by atoms with Crippen LogP contribution in [-0.4, -0.2) is 182 Å². The van der Waals surface area contributed by atoms with E-state index in [-0.39, 0.29) is 12.8 Å². The Labute approximate surface area is 324 Å². The van der Waals surface area contributed by atoms with E-state index in [0.717, 1.165) is 32.1 Å². The summed E-state index contributed by atoms with van der Waals surface area (Å²) in [7, 11) is 0. The zero-order valence-corrected chi connectivity index (χ0v) is 32.4. The largest absolute Gasteiger partial charge is 0.481 e. The Morgan fingerprint density at radius 1 is 0.473 bits per heavy atom. The fraction of sp³-hybridized carbons (Fsp3) is 0.921. The predicted octanol–water partition coefficient (Wildman–Crippen LogP) is -1.95. The van der Waals surface area contributed by atoms with E-state index in [4.69, 9.17) is 0 Å². The van der Waals surface area contributed by atoms with Gasteiger partial charge >= 0.3 is 5.97 Å². The third kappa shape index (κ3) is 17.6. The molecule has 1 unspecified atom stereocenters. The quantitative estimate of drug-likeness (QED) is 0.0244. The van der Waals surface area contributed by atoms with Crippen LogP contribution in [0.25, 0.3) is 0 Å². The van der Waals surface area contributed by atoms with Crippen molar-refractivity contribution in [3.05, 3.63) is 12.2 Å². The number of aliphatic hydroxyl groups is 15. The molecular weight excluding hydrogens is 728 g/mol. The molecule has 0 rings (SSSR count). The lowest BCUT2D eigenvalue weighted by Crippen LogP contribution is -2.61. The number of carboxylic acids is 1. The standard InChI is InChI=1S/C38H74O17/c1-2-3-4-5-6-7-8-9-10-11-12-13-14-25(15-26(44)31(49)20-39)37(16-27(45)32(50)21-40,17-28(46)33(51)22-41)38(36(54)55,18-29(47)34(52)23-42)19-30(48)35(53)24-43/h9-10,25-35,39-53H,2-8,11-24H2,1H3,(H,54,55)/t25?,26-,27-,28-,29-,30-,31+,32+,33+,34+,35+/m0/s1. The van der Waals surface area contributed by atoms with Crippen LogP contribution in [0.5, 0.6) is 0 Å². The van der Waals surface area contributed by atoms with Gasteiger partial charge in [-0.2, -0.15) is 0 Å². The molecule has 0 aliphatic heterocycles. The van der Waals surface area contributed by atoms with Gasteiger partial charge in [-0.25, -0.2) is 0 Å². The number of allylic oxidation sites excluding steroid dienone is 2. The first-order chi connectivity index (χ1) is 26.0. The van der Waals surface area contributed by atoms with E-state index in [0.29, 0.717) is 12.8 Å². The van der Waals surface area contributed by atoms with Gasteiger partial charge < -0.3 is 81.7 Å². The molecule has 0 aliphatic rings. The van der Waals surface area contributed by atoms with Crippen molar-refractivity contribution in [1.29, 1.82) is 0 Å². The molecule has 0 bridgehead atoms. The molecule has 0 heterocycles. The van der Waals surface area contributed by atoms with Crippen molar-refractivity contribution in [2.24, 2.45) is 16.7 Å². The van der Waals surface area contributed by atoms with Crippen LogP contribution >= 0.6 is 0 Å². The van der Waals surface area contributed by atoms with Crippen molar-refractivity contribution in [3.63, 3.8) is 0 Å². The first-order valence-electron chi connectivity index (χ1n) is 19.7. The minimum absolute atomic E-state index is 0.0866. The number of hydrogen-bond donors (Lipinski definition) is 16. The minimum atomic E-state index is -2.77. The summed E-state index contributed by atoms with van der Waals surface area (Å²) in [5, 5.41) is 168. The molecule has 55 heavy (non-hydrogen) atoms. The van der Waals surface area contributed by atoms with Gasteiger partial charge in [0.15, 0.2) is 0 Å². The van der Waals surface area contributed by atoms with Gasteiger partial charge in [-0.1, -0.05) is 57.6 Å². The third-order valence-electron chi connectivity index (χ3n) is 11.2. The molecular formula is C38H74O17. The van der Waals surface area contributed by atoms with Crippen LogP contribution < -0.4 is 0 Å². The van der Waals surface area contributed by atoms with Crippen molar-refractivity contribution in [2.45, 2.75) is 171 Å². The van der Waals surface area contributed by atoms with E-state index < -0.39 is 149 Å². The maximum absolute atomic E-state index is 13.9. The fourth-order valence-electron chi connectivity index (χ4n) is 7.69. The van der Waals surface area contributed by atoms with Crippen molar-refractivity contribution in [3.8, 4) is 0 Å². The molecule has 0 amide bonds. The highest BCUT2D eigenvalue weighted by Crippen LogP contribution is 2.60. The molecule has 17 nitrogen and oxygen atoms in total. The molecule has 0 saturated carbocycles. The summed E-state index contributed by atoms with van der Waals surface area (Å²) in [5.74, 6) is -3.22. The van der Waals surface area contributed by atoms with Crippen LogP contribution in [-0.2, 0) is 4.79 Å². The average molecular weight is 803 g/mol. The number of aliphatic hydroxyl groups excluding tert-OH is 15. The Balaban J connectivity index is 7.65. The molecule has 16 N–H and O–H groups in total.